The normalized spacial score (nSPS) is 17.3. The van der Waals surface area contributed by atoms with Crippen LogP contribution in [0.15, 0.2) is 22.2 Å². The molecule has 2 heterocycles. The molecular formula is C13H20N6O2. The van der Waals surface area contributed by atoms with Gasteiger partial charge in [0.1, 0.15) is 0 Å². The summed E-state index contributed by atoms with van der Waals surface area (Å²) in [5, 5.41) is 7.62. The van der Waals surface area contributed by atoms with Crippen LogP contribution < -0.4 is 10.5 Å². The highest BCUT2D eigenvalue weighted by Crippen LogP contribution is 2.21. The van der Waals surface area contributed by atoms with Crippen molar-refractivity contribution < 1.29 is 4.74 Å². The number of morpholine rings is 1. The minimum Gasteiger partial charge on any atom is -0.372 e. The second kappa shape index (κ2) is 6.60. The maximum atomic E-state index is 12.0. The van der Waals surface area contributed by atoms with E-state index in [4.69, 9.17) is 10.3 Å². The lowest BCUT2D eigenvalue weighted by Gasteiger charge is -2.39. The molecule has 0 atom stereocenters. The first-order chi connectivity index (χ1) is 10.0. The van der Waals surface area contributed by atoms with Crippen molar-refractivity contribution in [2.24, 2.45) is 5.11 Å². The van der Waals surface area contributed by atoms with E-state index >= 15 is 0 Å². The number of ether oxygens (including phenoxy) is 1. The molecule has 1 aromatic heterocycles. The van der Waals surface area contributed by atoms with Crippen LogP contribution in [0.1, 0.15) is 20.3 Å². The van der Waals surface area contributed by atoms with Crippen LogP contribution in [0, 0.1) is 0 Å². The lowest BCUT2D eigenvalue weighted by molar-refractivity contribution is -0.0277. The average Bonchev–Trinajstić information content (AvgIpc) is 2.44. The standard InChI is InChI=1S/C13H20N6O2/c1-13(2)10-18(6-7-21-13)11-8-12(20)19(16-9-11)5-3-4-15-17-14/h8-9H,3-7,10H2,1-2H3. The number of rotatable bonds is 5. The molecule has 0 aliphatic carbocycles. The van der Waals surface area contributed by atoms with Gasteiger partial charge in [0.05, 0.1) is 24.1 Å². The van der Waals surface area contributed by atoms with Crippen molar-refractivity contribution >= 4 is 5.69 Å². The van der Waals surface area contributed by atoms with Gasteiger partial charge in [-0.2, -0.15) is 5.10 Å². The summed E-state index contributed by atoms with van der Waals surface area (Å²) in [4.78, 5) is 16.8. The Bertz CT molecular complexity index is 591. The fourth-order valence-corrected chi connectivity index (χ4v) is 2.34. The van der Waals surface area contributed by atoms with Crippen molar-refractivity contribution in [3.05, 3.63) is 33.1 Å². The molecule has 21 heavy (non-hydrogen) atoms. The molecule has 0 unspecified atom stereocenters. The van der Waals surface area contributed by atoms with Gasteiger partial charge in [-0.3, -0.25) is 4.79 Å². The smallest absolute Gasteiger partial charge is 0.268 e. The predicted molar refractivity (Wildman–Crippen MR) is 79.4 cm³/mol. The summed E-state index contributed by atoms with van der Waals surface area (Å²) < 4.78 is 7.05. The lowest BCUT2D eigenvalue weighted by atomic mass is 10.1. The van der Waals surface area contributed by atoms with Gasteiger partial charge in [-0.25, -0.2) is 4.68 Å². The van der Waals surface area contributed by atoms with Gasteiger partial charge in [-0.05, 0) is 25.8 Å². The SMILES string of the molecule is CC1(C)CN(c2cnn(CCCN=[N+]=[N-])c(=O)c2)CCO1. The van der Waals surface area contributed by atoms with Crippen molar-refractivity contribution in [1.29, 1.82) is 0 Å². The molecule has 1 aliphatic heterocycles. The van der Waals surface area contributed by atoms with E-state index in [0.29, 0.717) is 26.1 Å². The van der Waals surface area contributed by atoms with Crippen LogP contribution in [0.4, 0.5) is 5.69 Å². The van der Waals surface area contributed by atoms with Crippen LogP contribution in [0.5, 0.6) is 0 Å². The zero-order valence-corrected chi connectivity index (χ0v) is 12.4. The summed E-state index contributed by atoms with van der Waals surface area (Å²) in [5.41, 5.74) is 8.66. The molecule has 114 valence electrons. The fourth-order valence-electron chi connectivity index (χ4n) is 2.34. The minimum absolute atomic E-state index is 0.141. The van der Waals surface area contributed by atoms with Gasteiger partial charge in [0.25, 0.3) is 5.56 Å². The third-order valence-electron chi connectivity index (χ3n) is 3.34. The second-order valence-electron chi connectivity index (χ2n) is 5.61. The molecule has 0 aromatic carbocycles. The molecule has 0 N–H and O–H groups in total. The van der Waals surface area contributed by atoms with Gasteiger partial charge in [0.2, 0.25) is 0 Å². The van der Waals surface area contributed by atoms with Crippen LogP contribution in [-0.4, -0.2) is 41.6 Å². The van der Waals surface area contributed by atoms with Gasteiger partial charge < -0.3 is 9.64 Å². The summed E-state index contributed by atoms with van der Waals surface area (Å²) in [6, 6.07) is 1.60. The maximum Gasteiger partial charge on any atom is 0.268 e. The molecule has 1 aromatic rings. The molecular weight excluding hydrogens is 272 g/mol. The first kappa shape index (κ1) is 15.3. The van der Waals surface area contributed by atoms with Crippen LogP contribution in [-0.2, 0) is 11.3 Å². The monoisotopic (exact) mass is 292 g/mol. The topological polar surface area (TPSA) is 96.1 Å². The van der Waals surface area contributed by atoms with Gasteiger partial charge in [-0.15, -0.1) is 0 Å². The molecule has 8 nitrogen and oxygen atoms in total. The van der Waals surface area contributed by atoms with Crippen molar-refractivity contribution in [2.75, 3.05) is 31.1 Å². The van der Waals surface area contributed by atoms with E-state index in [2.05, 4.69) is 20.0 Å². The third-order valence-corrected chi connectivity index (χ3v) is 3.34. The minimum atomic E-state index is -0.220. The molecule has 8 heteroatoms. The van der Waals surface area contributed by atoms with E-state index in [-0.39, 0.29) is 11.2 Å². The molecule has 0 radical (unpaired) electrons. The van der Waals surface area contributed by atoms with Crippen LogP contribution in [0.3, 0.4) is 0 Å². The Labute approximate surface area is 122 Å². The van der Waals surface area contributed by atoms with Gasteiger partial charge >= 0.3 is 0 Å². The van der Waals surface area contributed by atoms with E-state index < -0.39 is 0 Å². The fraction of sp³-hybridized carbons (Fsp3) is 0.692. The summed E-state index contributed by atoms with van der Waals surface area (Å²) in [5.74, 6) is 0. The van der Waals surface area contributed by atoms with Crippen LogP contribution in [0.2, 0.25) is 0 Å². The van der Waals surface area contributed by atoms with Crippen molar-refractivity contribution in [2.45, 2.75) is 32.4 Å². The maximum absolute atomic E-state index is 12.0. The second-order valence-corrected chi connectivity index (χ2v) is 5.61. The molecule has 1 saturated heterocycles. The summed E-state index contributed by atoms with van der Waals surface area (Å²) in [6.45, 7) is 7.01. The summed E-state index contributed by atoms with van der Waals surface area (Å²) >= 11 is 0. The average molecular weight is 292 g/mol. The van der Waals surface area contributed by atoms with E-state index in [0.717, 1.165) is 18.8 Å². The van der Waals surface area contributed by atoms with Crippen molar-refractivity contribution in [3.8, 4) is 0 Å². The Morgan fingerprint density at radius 1 is 1.57 bits per heavy atom. The van der Waals surface area contributed by atoms with Crippen LogP contribution >= 0.6 is 0 Å². The van der Waals surface area contributed by atoms with Crippen LogP contribution in [0.25, 0.3) is 10.4 Å². The number of hydrogen-bond acceptors (Lipinski definition) is 5. The Hall–Kier alpha value is -2.05. The third kappa shape index (κ3) is 4.21. The number of nitrogens with zero attached hydrogens (tertiary/aromatic N) is 6. The largest absolute Gasteiger partial charge is 0.372 e. The molecule has 0 saturated carbocycles. The number of aromatic nitrogens is 2. The van der Waals surface area contributed by atoms with Gasteiger partial charge in [0.15, 0.2) is 0 Å². The van der Waals surface area contributed by atoms with Gasteiger partial charge in [0, 0.05) is 37.2 Å². The Morgan fingerprint density at radius 3 is 3.05 bits per heavy atom. The van der Waals surface area contributed by atoms with E-state index in [1.165, 1.54) is 4.68 Å². The van der Waals surface area contributed by atoms with E-state index in [9.17, 15) is 4.79 Å². The zero-order chi connectivity index (χ0) is 15.3. The van der Waals surface area contributed by atoms with Gasteiger partial charge in [-0.1, -0.05) is 5.11 Å². The first-order valence-corrected chi connectivity index (χ1v) is 6.99. The number of anilines is 1. The van der Waals surface area contributed by atoms with Crippen molar-refractivity contribution in [1.82, 2.24) is 9.78 Å². The first-order valence-electron chi connectivity index (χ1n) is 6.99. The molecule has 0 amide bonds. The summed E-state index contributed by atoms with van der Waals surface area (Å²) in [6.07, 6.45) is 2.30. The highest BCUT2D eigenvalue weighted by atomic mass is 16.5. The quantitative estimate of drug-likeness (QED) is 0.356. The van der Waals surface area contributed by atoms with Crippen molar-refractivity contribution in [3.63, 3.8) is 0 Å². The molecule has 0 spiro atoms. The zero-order valence-electron chi connectivity index (χ0n) is 12.4. The molecule has 1 fully saturated rings. The Balaban J connectivity index is 2.04. The Morgan fingerprint density at radius 2 is 2.38 bits per heavy atom. The van der Waals surface area contributed by atoms with E-state index in [1.807, 2.05) is 13.8 Å². The number of aryl methyl sites for hydroxylation is 1. The molecule has 2 rings (SSSR count). The summed E-state index contributed by atoms with van der Waals surface area (Å²) in [7, 11) is 0. The highest BCUT2D eigenvalue weighted by Gasteiger charge is 2.27. The highest BCUT2D eigenvalue weighted by molar-refractivity contribution is 5.43. The Kier molecular flexibility index (Phi) is 4.82. The molecule has 1 aliphatic rings. The predicted octanol–water partition coefficient (Wildman–Crippen LogP) is 1.56. The number of azide groups is 1. The number of hydrogen-bond donors (Lipinski definition) is 0. The lowest BCUT2D eigenvalue weighted by Crippen LogP contribution is -2.48. The molecule has 0 bridgehead atoms. The van der Waals surface area contributed by atoms with E-state index in [1.54, 1.807) is 12.3 Å².